The van der Waals surface area contributed by atoms with Crippen LogP contribution in [0.25, 0.3) is 5.57 Å². The number of halogens is 1. The van der Waals surface area contributed by atoms with E-state index in [4.69, 9.17) is 4.74 Å². The van der Waals surface area contributed by atoms with Crippen LogP contribution >= 0.6 is 0 Å². The number of rotatable bonds is 4. The molecule has 0 radical (unpaired) electrons. The van der Waals surface area contributed by atoms with Crippen LogP contribution in [0.5, 0.6) is 5.75 Å². The summed E-state index contributed by atoms with van der Waals surface area (Å²) in [5.74, 6) is 1.44. The summed E-state index contributed by atoms with van der Waals surface area (Å²) < 4.78 is 21.5. The summed E-state index contributed by atoms with van der Waals surface area (Å²) >= 11 is 0. The Labute approximate surface area is 164 Å². The highest BCUT2D eigenvalue weighted by Crippen LogP contribution is 2.42. The Balaban J connectivity index is 1.78. The maximum absolute atomic E-state index is 15.7. The van der Waals surface area contributed by atoms with Gasteiger partial charge in [0.2, 0.25) is 5.95 Å². The molecule has 0 unspecified atom stereocenters. The quantitative estimate of drug-likeness (QED) is 0.746. The Morgan fingerprint density at radius 1 is 1.25 bits per heavy atom. The Kier molecular flexibility index (Phi) is 5.17. The van der Waals surface area contributed by atoms with Crippen molar-refractivity contribution in [1.82, 2.24) is 15.3 Å². The van der Waals surface area contributed by atoms with Crippen LogP contribution < -0.4 is 20.7 Å². The number of aryl methyl sites for hydroxylation is 1. The number of benzene rings is 1. The van der Waals surface area contributed by atoms with Gasteiger partial charge in [-0.2, -0.15) is 4.98 Å². The molecular weight excluding hydrogens is 357 g/mol. The number of aromatic nitrogens is 2. The maximum atomic E-state index is 15.7. The van der Waals surface area contributed by atoms with Crippen LogP contribution in [-0.2, 0) is 6.42 Å². The second kappa shape index (κ2) is 7.75. The van der Waals surface area contributed by atoms with Crippen LogP contribution in [0.3, 0.4) is 0 Å². The molecule has 3 heterocycles. The highest BCUT2D eigenvalue weighted by atomic mass is 19.1. The topological polar surface area (TPSA) is 71.1 Å². The van der Waals surface area contributed by atoms with E-state index in [-0.39, 0.29) is 11.9 Å². The molecule has 1 aromatic carbocycles. The van der Waals surface area contributed by atoms with Crippen molar-refractivity contribution in [2.45, 2.75) is 39.2 Å². The third-order valence-corrected chi connectivity index (χ3v) is 5.13. The first-order valence-corrected chi connectivity index (χ1v) is 9.78. The minimum absolute atomic E-state index is 0.198. The van der Waals surface area contributed by atoms with Crippen LogP contribution in [0, 0.1) is 12.7 Å². The zero-order chi connectivity index (χ0) is 19.7. The van der Waals surface area contributed by atoms with Gasteiger partial charge in [-0.25, -0.2) is 9.37 Å². The minimum Gasteiger partial charge on any atom is -0.492 e. The molecule has 2 aliphatic rings. The van der Waals surface area contributed by atoms with Gasteiger partial charge in [0.15, 0.2) is 5.82 Å². The van der Waals surface area contributed by atoms with Crippen LogP contribution in [0.2, 0.25) is 0 Å². The van der Waals surface area contributed by atoms with Gasteiger partial charge in [0.1, 0.15) is 11.6 Å². The molecule has 6 nitrogen and oxygen atoms in total. The molecule has 0 bridgehead atoms. The van der Waals surface area contributed by atoms with E-state index >= 15 is 4.39 Å². The van der Waals surface area contributed by atoms with Crippen molar-refractivity contribution in [2.75, 3.05) is 30.8 Å². The number of allylic oxidation sites excluding steroid dienone is 1. The summed E-state index contributed by atoms with van der Waals surface area (Å²) in [5, 5.41) is 9.51. The average Bonchev–Trinajstić information content (AvgIpc) is 3.01. The van der Waals surface area contributed by atoms with E-state index in [2.05, 4.69) is 38.9 Å². The van der Waals surface area contributed by atoms with Crippen LogP contribution in [-0.4, -0.2) is 36.2 Å². The Bertz CT molecular complexity index is 927. The lowest BCUT2D eigenvalue weighted by Gasteiger charge is -2.17. The second-order valence-corrected chi connectivity index (χ2v) is 7.33. The summed E-state index contributed by atoms with van der Waals surface area (Å²) in [6, 6.07) is 3.86. The summed E-state index contributed by atoms with van der Waals surface area (Å²) in [4.78, 5) is 8.79. The van der Waals surface area contributed by atoms with Crippen LogP contribution in [0.1, 0.15) is 36.6 Å². The first-order chi connectivity index (χ1) is 13.5. The largest absolute Gasteiger partial charge is 0.492 e. The van der Waals surface area contributed by atoms with Crippen molar-refractivity contribution >= 4 is 23.0 Å². The van der Waals surface area contributed by atoms with Gasteiger partial charge in [-0.3, -0.25) is 0 Å². The summed E-state index contributed by atoms with van der Waals surface area (Å²) in [6.45, 7) is 5.48. The van der Waals surface area contributed by atoms with Crippen LogP contribution in [0.4, 0.5) is 21.8 Å². The normalized spacial score (nSPS) is 18.7. The van der Waals surface area contributed by atoms with Crippen molar-refractivity contribution in [2.24, 2.45) is 0 Å². The molecule has 0 fully saturated rings. The zero-order valence-electron chi connectivity index (χ0n) is 16.5. The van der Waals surface area contributed by atoms with Crippen molar-refractivity contribution in [3.63, 3.8) is 0 Å². The van der Waals surface area contributed by atoms with Crippen molar-refractivity contribution in [1.29, 1.82) is 0 Å². The number of ether oxygens (including phenoxy) is 1. The average molecular weight is 383 g/mol. The van der Waals surface area contributed by atoms with Gasteiger partial charge in [-0.05, 0) is 44.9 Å². The van der Waals surface area contributed by atoms with Gasteiger partial charge in [0.25, 0.3) is 0 Å². The van der Waals surface area contributed by atoms with Gasteiger partial charge in [0, 0.05) is 36.8 Å². The lowest BCUT2D eigenvalue weighted by atomic mass is 9.95. The highest BCUT2D eigenvalue weighted by Gasteiger charge is 2.27. The standard InChI is InChI=1S/C21H26FN5O/c1-12-9-14(5-4-7-24-12)18-19(22)16(11-15-6-8-28-20(15)18)26-21-25-13(2)10-17(23-3)27-21/h9-12,24H,4-8H2,1-3H3,(H2,23,25,26,27)/t12-/m1/s1. The lowest BCUT2D eigenvalue weighted by molar-refractivity contribution is 0.354. The number of hydrogen-bond acceptors (Lipinski definition) is 6. The fourth-order valence-electron chi connectivity index (χ4n) is 3.82. The van der Waals surface area contributed by atoms with E-state index in [0.717, 1.165) is 42.6 Å². The lowest BCUT2D eigenvalue weighted by Crippen LogP contribution is -2.23. The summed E-state index contributed by atoms with van der Waals surface area (Å²) in [7, 11) is 1.80. The first kappa shape index (κ1) is 18.7. The molecule has 3 N–H and O–H groups in total. The molecule has 28 heavy (non-hydrogen) atoms. The van der Waals surface area contributed by atoms with Crippen molar-refractivity contribution in [3.8, 4) is 5.75 Å². The highest BCUT2D eigenvalue weighted by molar-refractivity contribution is 5.78. The molecular formula is C21H26FN5O. The SMILES string of the molecule is CNc1cc(C)nc(Nc2cc3c(c(C4=C[C@@H](C)NCCC4)c2F)OCC3)n1. The van der Waals surface area contributed by atoms with Crippen LogP contribution in [0.15, 0.2) is 18.2 Å². The fourth-order valence-corrected chi connectivity index (χ4v) is 3.82. The number of anilines is 3. The molecule has 0 saturated heterocycles. The zero-order valence-corrected chi connectivity index (χ0v) is 16.5. The van der Waals surface area contributed by atoms with Gasteiger partial charge < -0.3 is 20.7 Å². The number of nitrogens with one attached hydrogen (secondary N) is 3. The monoisotopic (exact) mass is 383 g/mol. The Morgan fingerprint density at radius 3 is 2.93 bits per heavy atom. The summed E-state index contributed by atoms with van der Waals surface area (Å²) in [5.41, 5.74) is 3.79. The van der Waals surface area contributed by atoms with Crippen molar-refractivity contribution in [3.05, 3.63) is 40.8 Å². The molecule has 2 aliphatic heterocycles. The van der Waals surface area contributed by atoms with Gasteiger partial charge in [0.05, 0.1) is 17.9 Å². The molecule has 0 amide bonds. The second-order valence-electron chi connectivity index (χ2n) is 7.33. The third-order valence-electron chi connectivity index (χ3n) is 5.13. The molecule has 0 spiro atoms. The van der Waals surface area contributed by atoms with Crippen molar-refractivity contribution < 1.29 is 9.13 Å². The van der Waals surface area contributed by atoms with E-state index in [1.807, 2.05) is 19.1 Å². The first-order valence-electron chi connectivity index (χ1n) is 9.78. The van der Waals surface area contributed by atoms with E-state index in [1.165, 1.54) is 0 Å². The fraction of sp³-hybridized carbons (Fsp3) is 0.429. The van der Waals surface area contributed by atoms with E-state index in [9.17, 15) is 0 Å². The van der Waals surface area contributed by atoms with Gasteiger partial charge >= 0.3 is 0 Å². The molecule has 0 saturated carbocycles. The van der Waals surface area contributed by atoms with E-state index < -0.39 is 0 Å². The minimum atomic E-state index is -0.308. The molecule has 4 rings (SSSR count). The smallest absolute Gasteiger partial charge is 0.229 e. The maximum Gasteiger partial charge on any atom is 0.229 e. The van der Waals surface area contributed by atoms with Gasteiger partial charge in [-0.1, -0.05) is 6.08 Å². The Hall–Kier alpha value is -2.67. The van der Waals surface area contributed by atoms with E-state index in [0.29, 0.717) is 35.4 Å². The molecule has 1 atom stereocenters. The van der Waals surface area contributed by atoms with E-state index in [1.54, 1.807) is 7.05 Å². The number of fused-ring (bicyclic) bond motifs is 1. The molecule has 7 heteroatoms. The molecule has 2 aromatic rings. The summed E-state index contributed by atoms with van der Waals surface area (Å²) in [6.07, 6.45) is 4.67. The molecule has 1 aromatic heterocycles. The Morgan fingerprint density at radius 2 is 2.11 bits per heavy atom. The molecule has 148 valence electrons. The predicted molar refractivity (Wildman–Crippen MR) is 110 cm³/mol. The number of nitrogens with zero attached hydrogens (tertiary/aromatic N) is 2. The number of hydrogen-bond donors (Lipinski definition) is 3. The molecule has 0 aliphatic carbocycles. The third kappa shape index (κ3) is 3.67. The predicted octanol–water partition coefficient (Wildman–Crippen LogP) is 3.80. The van der Waals surface area contributed by atoms with Gasteiger partial charge in [-0.15, -0.1) is 0 Å².